The second-order valence-corrected chi connectivity index (χ2v) is 20.7. The van der Waals surface area contributed by atoms with Crippen LogP contribution in [0.4, 0.5) is 0 Å². The lowest BCUT2D eigenvalue weighted by Crippen LogP contribution is -2.40. The molecule has 1 N–H and O–H groups in total. The molecule has 4 atom stereocenters. The van der Waals surface area contributed by atoms with Crippen molar-refractivity contribution < 1.29 is 71.8 Å². The molecule has 0 saturated carbocycles. The molecule has 0 aliphatic rings. The fourth-order valence-electron chi connectivity index (χ4n) is 6.34. The Bertz CT molecular complexity index is 1870. The van der Waals surface area contributed by atoms with Crippen LogP contribution in [0.2, 0.25) is 0 Å². The molecule has 0 aliphatic heterocycles. The molecule has 77 heavy (non-hydrogen) atoms. The third-order valence-electron chi connectivity index (χ3n) is 9.65. The van der Waals surface area contributed by atoms with Crippen LogP contribution >= 0.6 is 0 Å². The van der Waals surface area contributed by atoms with Crippen LogP contribution in [0.1, 0.15) is 241 Å². The van der Waals surface area contributed by atoms with Crippen LogP contribution in [0.5, 0.6) is 11.5 Å². The number of aromatic hydroxyl groups is 1. The number of benzene rings is 2. The number of rotatable bonds is 19. The first kappa shape index (κ1) is 94.0. The van der Waals surface area contributed by atoms with Crippen molar-refractivity contribution in [2.75, 3.05) is 13.2 Å². The lowest BCUT2D eigenvalue weighted by Gasteiger charge is -2.26. The van der Waals surface area contributed by atoms with Gasteiger partial charge in [-0.15, -0.1) is 0 Å². The Kier molecular flexibility index (Phi) is 50.8. The summed E-state index contributed by atoms with van der Waals surface area (Å²) in [7, 11) is 0. The highest BCUT2D eigenvalue weighted by Gasteiger charge is 2.38. The molecular formula is C62H118O15. The Balaban J connectivity index is -0.000000129. The molecule has 2 rings (SSSR count). The van der Waals surface area contributed by atoms with Crippen molar-refractivity contribution in [2.45, 2.75) is 252 Å². The van der Waals surface area contributed by atoms with E-state index in [2.05, 4.69) is 0 Å². The number of phenols is 1. The highest BCUT2D eigenvalue weighted by molar-refractivity contribution is 5.96. The lowest BCUT2D eigenvalue weighted by atomic mass is 9.89. The zero-order valence-corrected chi connectivity index (χ0v) is 43.0. The Morgan fingerprint density at radius 3 is 0.896 bits per heavy atom. The number of carbonyl (C=O) groups excluding carboxylic acids is 7. The molecule has 2 aromatic rings. The van der Waals surface area contributed by atoms with E-state index in [1.54, 1.807) is 107 Å². The van der Waals surface area contributed by atoms with Gasteiger partial charge in [0.25, 0.3) is 0 Å². The molecule has 0 heterocycles. The van der Waals surface area contributed by atoms with Crippen molar-refractivity contribution >= 4 is 41.8 Å². The van der Waals surface area contributed by atoms with E-state index in [9.17, 15) is 38.7 Å². The Morgan fingerprint density at radius 1 is 0.429 bits per heavy atom. The quantitative estimate of drug-likeness (QED) is 0.0601. The summed E-state index contributed by atoms with van der Waals surface area (Å²) in [6.07, 6.45) is 2.11. The van der Waals surface area contributed by atoms with E-state index >= 15 is 0 Å². The van der Waals surface area contributed by atoms with Crippen LogP contribution in [-0.2, 0) is 62.0 Å². The summed E-state index contributed by atoms with van der Waals surface area (Å²) in [6, 6.07) is 14.0. The first-order valence-corrected chi connectivity index (χ1v) is 23.0. The summed E-state index contributed by atoms with van der Waals surface area (Å²) in [5.74, 6) is -7.39. The van der Waals surface area contributed by atoms with E-state index in [1.807, 2.05) is 52.0 Å². The SMILES string of the molecule is C.C.C.C.C.C.C.C.C.C.CCC(CC(C)c1ccc(O)cc1)C(=O)OCC(C(=O)OC(C)(C)C)C(=O)OC(C)(C)C.CCC(CC(C)c1ccc(OC(C)=O)cc1)C(=O)OCC(C(=O)OC(C)(C)C)C(=O)OC(C)(C)C. The molecule has 15 heteroatoms. The number of hydrogen-bond acceptors (Lipinski definition) is 15. The van der Waals surface area contributed by atoms with Crippen LogP contribution in [-0.4, -0.2) is 82.5 Å². The number of phenolic OH excluding ortho intramolecular Hbond substituents is 1. The summed E-state index contributed by atoms with van der Waals surface area (Å²) in [6.45, 7) is 28.5. The number of ether oxygens (including phenoxy) is 7. The zero-order chi connectivity index (χ0) is 51.7. The fraction of sp³-hybridized carbons (Fsp3) is 0.694. The third kappa shape index (κ3) is 38.7. The number of hydrogen-bond donors (Lipinski definition) is 1. The second-order valence-electron chi connectivity index (χ2n) is 20.7. The maximum atomic E-state index is 12.9. The van der Waals surface area contributed by atoms with Crippen molar-refractivity contribution in [1.82, 2.24) is 0 Å². The summed E-state index contributed by atoms with van der Waals surface area (Å²) in [5.41, 5.74) is -1.25. The Labute approximate surface area is 472 Å². The molecule has 456 valence electrons. The normalized spacial score (nSPS) is 11.9. The maximum Gasteiger partial charge on any atom is 0.324 e. The van der Waals surface area contributed by atoms with Crippen LogP contribution in [0.25, 0.3) is 0 Å². The summed E-state index contributed by atoms with van der Waals surface area (Å²) < 4.78 is 37.3. The van der Waals surface area contributed by atoms with E-state index in [-0.39, 0.29) is 91.9 Å². The molecule has 0 radical (unpaired) electrons. The van der Waals surface area contributed by atoms with Gasteiger partial charge in [-0.05, 0) is 156 Å². The third-order valence-corrected chi connectivity index (χ3v) is 9.65. The van der Waals surface area contributed by atoms with Crippen molar-refractivity contribution in [3.05, 3.63) is 59.7 Å². The molecule has 0 aromatic heterocycles. The van der Waals surface area contributed by atoms with Gasteiger partial charge in [-0.25, -0.2) is 0 Å². The van der Waals surface area contributed by atoms with Crippen LogP contribution in [0.15, 0.2) is 48.5 Å². The Hall–Kier alpha value is -5.47. The van der Waals surface area contributed by atoms with E-state index in [0.29, 0.717) is 31.4 Å². The Morgan fingerprint density at radius 2 is 0.675 bits per heavy atom. The predicted molar refractivity (Wildman–Crippen MR) is 319 cm³/mol. The molecule has 0 fully saturated rings. The van der Waals surface area contributed by atoms with E-state index in [1.165, 1.54) is 6.92 Å². The van der Waals surface area contributed by atoms with Gasteiger partial charge in [0.1, 0.15) is 47.1 Å². The number of carbonyl (C=O) groups is 7. The van der Waals surface area contributed by atoms with Gasteiger partial charge in [-0.2, -0.15) is 0 Å². The first-order chi connectivity index (χ1) is 30.6. The largest absolute Gasteiger partial charge is 0.508 e. The molecule has 0 saturated heterocycles. The van der Waals surface area contributed by atoms with Gasteiger partial charge in [0.2, 0.25) is 0 Å². The minimum absolute atomic E-state index is 0. The molecule has 15 nitrogen and oxygen atoms in total. The molecule has 2 aromatic carbocycles. The van der Waals surface area contributed by atoms with Gasteiger partial charge in [0.15, 0.2) is 11.8 Å². The zero-order valence-electron chi connectivity index (χ0n) is 43.0. The molecular weight excluding hydrogens is 985 g/mol. The van der Waals surface area contributed by atoms with Gasteiger partial charge in [0.05, 0.1) is 11.8 Å². The van der Waals surface area contributed by atoms with Crippen molar-refractivity contribution in [3.63, 3.8) is 0 Å². The summed E-state index contributed by atoms with van der Waals surface area (Å²) in [5, 5.41) is 9.46. The predicted octanol–water partition coefficient (Wildman–Crippen LogP) is 16.1. The molecule has 0 aliphatic carbocycles. The van der Waals surface area contributed by atoms with Gasteiger partial charge < -0.3 is 38.3 Å². The molecule has 0 spiro atoms. The van der Waals surface area contributed by atoms with Crippen LogP contribution in [0, 0.1) is 23.7 Å². The maximum absolute atomic E-state index is 12.9. The molecule has 0 amide bonds. The van der Waals surface area contributed by atoms with Crippen LogP contribution in [0.3, 0.4) is 0 Å². The van der Waals surface area contributed by atoms with Gasteiger partial charge in [-0.1, -0.05) is 126 Å². The van der Waals surface area contributed by atoms with Gasteiger partial charge in [-0.3, -0.25) is 33.6 Å². The van der Waals surface area contributed by atoms with Crippen LogP contribution < -0.4 is 4.74 Å². The summed E-state index contributed by atoms with van der Waals surface area (Å²) in [4.78, 5) is 87.2. The minimum Gasteiger partial charge on any atom is -0.508 e. The highest BCUT2D eigenvalue weighted by atomic mass is 16.6. The monoisotopic (exact) mass is 1100 g/mol. The first-order valence-electron chi connectivity index (χ1n) is 23.0. The summed E-state index contributed by atoms with van der Waals surface area (Å²) >= 11 is 0. The number of esters is 7. The van der Waals surface area contributed by atoms with Crippen molar-refractivity contribution in [2.24, 2.45) is 23.7 Å². The topological polar surface area (TPSA) is 204 Å². The van der Waals surface area contributed by atoms with Crippen molar-refractivity contribution in [1.29, 1.82) is 0 Å². The second kappa shape index (κ2) is 41.6. The lowest BCUT2D eigenvalue weighted by molar-refractivity contribution is -0.181. The standard InChI is InChI=1S/C27H40O8.C25H38O7.10CH4/c1-10-19(15-17(2)20-11-13-21(14-12-20)33-18(3)28)23(29)32-16-22(24(30)34-26(4,5)6)25(31)35-27(7,8)9;1-9-17(14-16(2)18-10-12-19(26)13-11-18)21(27)30-15-20(22(28)31-24(3,4)5)23(29)32-25(6,7)8;;;;;;;;;;/h11-14,17,19,22H,10,15-16H2,1-9H3;10-13,16-17,20,26H,9,14-15H2,1-8H3;10*1H4. The molecule has 0 bridgehead atoms. The average molecular weight is 1100 g/mol. The highest BCUT2D eigenvalue weighted by Crippen LogP contribution is 2.30. The van der Waals surface area contributed by atoms with Gasteiger partial charge >= 0.3 is 41.8 Å². The van der Waals surface area contributed by atoms with E-state index in [0.717, 1.165) is 11.1 Å². The van der Waals surface area contributed by atoms with E-state index in [4.69, 9.17) is 33.2 Å². The molecule has 4 unspecified atom stereocenters. The smallest absolute Gasteiger partial charge is 0.324 e. The minimum atomic E-state index is -1.37. The van der Waals surface area contributed by atoms with E-state index < -0.39 is 101 Å². The fourth-order valence-corrected chi connectivity index (χ4v) is 6.34. The average Bonchev–Trinajstić information content (AvgIpc) is 3.16. The van der Waals surface area contributed by atoms with Gasteiger partial charge in [0, 0.05) is 6.92 Å². The van der Waals surface area contributed by atoms with Crippen molar-refractivity contribution in [3.8, 4) is 11.5 Å².